The minimum Gasteiger partial charge on any atom is -0.336 e. The average molecular weight is 393 g/mol. The van der Waals surface area contributed by atoms with Crippen molar-refractivity contribution in [2.75, 3.05) is 19.6 Å². The maximum atomic E-state index is 13.5. The van der Waals surface area contributed by atoms with Crippen LogP contribution >= 0.6 is 0 Å². The molecular weight excluding hydrogens is 366 g/mol. The van der Waals surface area contributed by atoms with Gasteiger partial charge in [-0.15, -0.1) is 0 Å². The molecule has 1 aromatic carbocycles. The van der Waals surface area contributed by atoms with Crippen molar-refractivity contribution in [3.8, 4) is 0 Å². The minimum atomic E-state index is -0.203. The molecule has 2 bridgehead atoms. The van der Waals surface area contributed by atoms with Crippen LogP contribution in [0, 0.1) is 5.92 Å². The van der Waals surface area contributed by atoms with Gasteiger partial charge in [-0.05, 0) is 32.8 Å². The van der Waals surface area contributed by atoms with Crippen molar-refractivity contribution in [3.63, 3.8) is 0 Å². The van der Waals surface area contributed by atoms with Crippen LogP contribution in [0.2, 0.25) is 0 Å². The molecule has 4 heterocycles. The molecule has 0 aliphatic carbocycles. The molecule has 0 saturated carbocycles. The fourth-order valence-electron chi connectivity index (χ4n) is 4.49. The second-order valence-electron chi connectivity index (χ2n) is 8.38. The van der Waals surface area contributed by atoms with Gasteiger partial charge in [0.1, 0.15) is 0 Å². The van der Waals surface area contributed by atoms with Gasteiger partial charge < -0.3 is 14.4 Å². The van der Waals surface area contributed by atoms with E-state index in [9.17, 15) is 14.4 Å². The second kappa shape index (κ2) is 7.50. The van der Waals surface area contributed by atoms with Gasteiger partial charge >= 0.3 is 0 Å². The Labute approximate surface area is 170 Å². The Hall–Kier alpha value is -2.89. The van der Waals surface area contributed by atoms with Crippen molar-refractivity contribution in [2.45, 2.75) is 32.7 Å². The van der Waals surface area contributed by atoms with E-state index >= 15 is 0 Å². The molecule has 2 unspecified atom stereocenters. The van der Waals surface area contributed by atoms with E-state index in [1.54, 1.807) is 16.5 Å². The van der Waals surface area contributed by atoms with E-state index < -0.39 is 0 Å². The highest BCUT2D eigenvalue weighted by atomic mass is 16.2. The molecule has 0 spiro atoms. The first kappa shape index (κ1) is 19.4. The molecular formula is C23H27N3O3. The smallest absolute Gasteiger partial charge is 0.254 e. The Kier molecular flexibility index (Phi) is 5.03. The highest BCUT2D eigenvalue weighted by Gasteiger charge is 2.41. The lowest BCUT2D eigenvalue weighted by Gasteiger charge is -2.35. The van der Waals surface area contributed by atoms with Crippen molar-refractivity contribution in [1.82, 2.24) is 14.4 Å². The molecule has 3 aliphatic heterocycles. The van der Waals surface area contributed by atoms with E-state index in [1.165, 1.54) is 11.6 Å². The van der Waals surface area contributed by atoms with Gasteiger partial charge in [-0.1, -0.05) is 29.8 Å². The van der Waals surface area contributed by atoms with Gasteiger partial charge in [0, 0.05) is 44.2 Å². The number of allylic oxidation sites excluding steroid dienone is 1. The highest BCUT2D eigenvalue weighted by Crippen LogP contribution is 2.30. The lowest BCUT2D eigenvalue weighted by Crippen LogP contribution is -2.48. The third-order valence-corrected chi connectivity index (χ3v) is 6.16. The topological polar surface area (TPSA) is 62.6 Å². The Morgan fingerprint density at radius 3 is 2.66 bits per heavy atom. The maximum Gasteiger partial charge on any atom is 0.254 e. The lowest BCUT2D eigenvalue weighted by atomic mass is 9.94. The number of para-hydroxylation sites is 1. The quantitative estimate of drug-likeness (QED) is 0.753. The second-order valence-corrected chi connectivity index (χ2v) is 8.38. The molecule has 3 aliphatic rings. The number of rotatable bonds is 3. The van der Waals surface area contributed by atoms with Gasteiger partial charge in [0.05, 0.1) is 17.0 Å². The monoisotopic (exact) mass is 393 g/mol. The van der Waals surface area contributed by atoms with E-state index in [0.717, 1.165) is 23.7 Å². The van der Waals surface area contributed by atoms with Gasteiger partial charge in [0.15, 0.2) is 0 Å². The Morgan fingerprint density at radius 2 is 1.90 bits per heavy atom. The van der Waals surface area contributed by atoms with Gasteiger partial charge in [0.25, 0.3) is 11.5 Å². The van der Waals surface area contributed by atoms with Gasteiger partial charge in [-0.2, -0.15) is 0 Å². The summed E-state index contributed by atoms with van der Waals surface area (Å²) in [5, 5.41) is 0.768. The van der Waals surface area contributed by atoms with Gasteiger partial charge in [-0.25, -0.2) is 0 Å². The average Bonchev–Trinajstić information content (AvgIpc) is 3.00. The number of carbonyl (C=O) groups excluding carboxylic acids is 2. The largest absolute Gasteiger partial charge is 0.336 e. The first-order valence-corrected chi connectivity index (χ1v) is 10.2. The number of fused-ring (bicyclic) bond motifs is 5. The molecule has 6 nitrogen and oxygen atoms in total. The normalized spacial score (nSPS) is 21.4. The van der Waals surface area contributed by atoms with Crippen LogP contribution in [0.15, 0.2) is 46.8 Å². The molecule has 0 radical (unpaired) electrons. The third kappa shape index (κ3) is 3.48. The zero-order valence-corrected chi connectivity index (χ0v) is 17.2. The zero-order chi connectivity index (χ0) is 20.7. The summed E-state index contributed by atoms with van der Waals surface area (Å²) < 4.78 is 1.56. The molecule has 6 heteroatoms. The van der Waals surface area contributed by atoms with E-state index in [4.69, 9.17) is 0 Å². The zero-order valence-electron chi connectivity index (χ0n) is 17.2. The molecule has 1 aromatic heterocycles. The summed E-state index contributed by atoms with van der Waals surface area (Å²) in [4.78, 5) is 42.5. The SMILES string of the molecule is CC(C)=CCN1C(=O)C2CCC1CN(C(=O)c1cc(=O)n(C)c3ccccc13)C2. The summed E-state index contributed by atoms with van der Waals surface area (Å²) in [7, 11) is 1.71. The predicted octanol–water partition coefficient (Wildman–Crippen LogP) is 2.57. The lowest BCUT2D eigenvalue weighted by molar-refractivity contribution is -0.139. The molecule has 29 heavy (non-hydrogen) atoms. The van der Waals surface area contributed by atoms with E-state index in [1.807, 2.05) is 43.0 Å². The summed E-state index contributed by atoms with van der Waals surface area (Å²) >= 11 is 0. The molecule has 3 saturated heterocycles. The molecule has 2 aromatic rings. The Balaban J connectivity index is 1.69. The van der Waals surface area contributed by atoms with Crippen molar-refractivity contribution in [3.05, 3.63) is 57.9 Å². The molecule has 2 atom stereocenters. The summed E-state index contributed by atoms with van der Waals surface area (Å²) in [5.74, 6) is -0.184. The summed E-state index contributed by atoms with van der Waals surface area (Å²) in [6.45, 7) is 5.58. The summed E-state index contributed by atoms with van der Waals surface area (Å²) in [5.41, 5.74) is 2.14. The van der Waals surface area contributed by atoms with Gasteiger partial charge in [-0.3, -0.25) is 14.4 Å². The van der Waals surface area contributed by atoms with Crippen molar-refractivity contribution in [2.24, 2.45) is 13.0 Å². The van der Waals surface area contributed by atoms with E-state index in [2.05, 4.69) is 6.08 Å². The fourth-order valence-corrected chi connectivity index (χ4v) is 4.49. The number of hydrogen-bond donors (Lipinski definition) is 0. The number of hydrogen-bond acceptors (Lipinski definition) is 3. The van der Waals surface area contributed by atoms with Crippen LogP contribution < -0.4 is 5.56 Å². The maximum absolute atomic E-state index is 13.5. The molecule has 5 rings (SSSR count). The summed E-state index contributed by atoms with van der Waals surface area (Å²) in [6.07, 6.45) is 3.79. The van der Waals surface area contributed by atoms with Crippen LogP contribution in [0.5, 0.6) is 0 Å². The number of amides is 2. The standard InChI is InChI=1S/C23H27N3O3/c1-15(2)10-11-26-17-9-8-16(22(26)28)13-25(14-17)23(29)19-12-21(27)24(3)20-7-5-4-6-18(19)20/h4-7,10,12,16-17H,8-9,11,13-14H2,1-3H3. The van der Waals surface area contributed by atoms with Gasteiger partial charge in [0.2, 0.25) is 5.91 Å². The van der Waals surface area contributed by atoms with E-state index in [-0.39, 0.29) is 29.3 Å². The van der Waals surface area contributed by atoms with Crippen molar-refractivity contribution < 1.29 is 9.59 Å². The number of carbonyl (C=O) groups is 2. The van der Waals surface area contributed by atoms with Crippen LogP contribution in [-0.4, -0.2) is 51.9 Å². The predicted molar refractivity (Wildman–Crippen MR) is 113 cm³/mol. The fraction of sp³-hybridized carbons (Fsp3) is 0.435. The first-order valence-electron chi connectivity index (χ1n) is 10.2. The van der Waals surface area contributed by atoms with Crippen LogP contribution in [0.3, 0.4) is 0 Å². The minimum absolute atomic E-state index is 0.0265. The molecule has 0 N–H and O–H groups in total. The van der Waals surface area contributed by atoms with Crippen molar-refractivity contribution >= 4 is 22.7 Å². The number of nitrogens with zero attached hydrogens (tertiary/aromatic N) is 3. The molecule has 2 amide bonds. The highest BCUT2D eigenvalue weighted by molar-refractivity contribution is 6.06. The van der Waals surface area contributed by atoms with Crippen LogP contribution in [0.1, 0.15) is 37.0 Å². The van der Waals surface area contributed by atoms with Crippen LogP contribution in [0.25, 0.3) is 10.9 Å². The number of piperidine rings is 1. The van der Waals surface area contributed by atoms with Crippen molar-refractivity contribution in [1.29, 1.82) is 0 Å². The first-order chi connectivity index (χ1) is 13.9. The number of aryl methyl sites for hydroxylation is 1. The summed E-state index contributed by atoms with van der Waals surface area (Å²) in [6, 6.07) is 8.92. The number of benzene rings is 1. The van der Waals surface area contributed by atoms with Crippen LogP contribution in [0.4, 0.5) is 0 Å². The third-order valence-electron chi connectivity index (χ3n) is 6.16. The Morgan fingerprint density at radius 1 is 1.14 bits per heavy atom. The number of aromatic nitrogens is 1. The number of pyridine rings is 1. The van der Waals surface area contributed by atoms with E-state index in [0.29, 0.717) is 25.2 Å². The van der Waals surface area contributed by atoms with Crippen LogP contribution in [-0.2, 0) is 11.8 Å². The Bertz CT molecular complexity index is 1060. The molecule has 152 valence electrons. The molecule has 3 fully saturated rings.